The van der Waals surface area contributed by atoms with Crippen LogP contribution in [-0.4, -0.2) is 21.7 Å². The Hall–Kier alpha value is -3.67. The maximum absolute atomic E-state index is 13.7. The number of hydrogen-bond acceptors (Lipinski definition) is 3. The third kappa shape index (κ3) is 6.94. The highest BCUT2D eigenvalue weighted by Gasteiger charge is 2.31. The molecule has 0 spiro atoms. The Kier molecular flexibility index (Phi) is 8.71. The average molecular weight is 518 g/mol. The van der Waals surface area contributed by atoms with Crippen molar-refractivity contribution in [2.75, 3.05) is 0 Å². The van der Waals surface area contributed by atoms with Gasteiger partial charge in [0.15, 0.2) is 0 Å². The summed E-state index contributed by atoms with van der Waals surface area (Å²) in [7, 11) is 0. The fourth-order valence-corrected chi connectivity index (χ4v) is 4.13. The lowest BCUT2D eigenvalue weighted by atomic mass is 10.0. The molecule has 3 aromatic carbocycles. The van der Waals surface area contributed by atoms with Crippen molar-refractivity contribution in [3.05, 3.63) is 136 Å². The quantitative estimate of drug-likeness (QED) is 0.295. The zero-order valence-corrected chi connectivity index (χ0v) is 21.0. The number of nitrogens with one attached hydrogen (secondary N) is 1. The van der Waals surface area contributed by atoms with Crippen molar-refractivity contribution in [1.82, 2.24) is 15.2 Å². The summed E-state index contributed by atoms with van der Waals surface area (Å²) in [5, 5.41) is 4.17. The molecule has 4 aromatic rings. The highest BCUT2D eigenvalue weighted by molar-refractivity contribution is 6.30. The van der Waals surface area contributed by atoms with Crippen molar-refractivity contribution in [1.29, 1.82) is 0 Å². The molecule has 36 heavy (non-hydrogen) atoms. The first-order chi connectivity index (χ1) is 17.5. The Bertz CT molecular complexity index is 1280. The average Bonchev–Trinajstić information content (AvgIpc) is 2.91. The number of rotatable bonds is 9. The van der Waals surface area contributed by atoms with Crippen molar-refractivity contribution < 1.29 is 9.59 Å². The number of aromatic nitrogens is 1. The van der Waals surface area contributed by atoms with Crippen LogP contribution in [0.25, 0.3) is 0 Å². The van der Waals surface area contributed by atoms with Gasteiger partial charge in [-0.25, -0.2) is 0 Å². The molecule has 0 fully saturated rings. The van der Waals surface area contributed by atoms with E-state index in [0.29, 0.717) is 10.0 Å². The molecule has 0 saturated carbocycles. The molecule has 0 aliphatic rings. The molecule has 1 aromatic heterocycles. The van der Waals surface area contributed by atoms with Crippen LogP contribution in [0, 0.1) is 0 Å². The molecule has 182 valence electrons. The molecule has 0 saturated heterocycles. The van der Waals surface area contributed by atoms with Gasteiger partial charge in [0.25, 0.3) is 0 Å². The van der Waals surface area contributed by atoms with E-state index in [-0.39, 0.29) is 31.3 Å². The summed E-state index contributed by atoms with van der Waals surface area (Å²) in [6, 6.07) is 28.4. The van der Waals surface area contributed by atoms with Crippen LogP contribution < -0.4 is 5.32 Å². The molecule has 7 heteroatoms. The van der Waals surface area contributed by atoms with Crippen LogP contribution in [0.4, 0.5) is 0 Å². The lowest BCUT2D eigenvalue weighted by Gasteiger charge is -2.32. The second-order valence-corrected chi connectivity index (χ2v) is 9.18. The maximum Gasteiger partial charge on any atom is 0.247 e. The Labute approximate surface area is 220 Å². The number of amides is 2. The largest absolute Gasteiger partial charge is 0.348 e. The number of carbonyl (C=O) groups excluding carboxylic acids is 2. The Morgan fingerprint density at radius 1 is 0.778 bits per heavy atom. The van der Waals surface area contributed by atoms with Gasteiger partial charge < -0.3 is 10.2 Å². The van der Waals surface area contributed by atoms with Gasteiger partial charge in [-0.15, -0.1) is 0 Å². The number of pyridine rings is 1. The van der Waals surface area contributed by atoms with Crippen molar-refractivity contribution in [2.45, 2.75) is 25.6 Å². The van der Waals surface area contributed by atoms with E-state index in [2.05, 4.69) is 10.3 Å². The van der Waals surface area contributed by atoms with Crippen LogP contribution in [0.3, 0.4) is 0 Å². The van der Waals surface area contributed by atoms with Crippen LogP contribution in [0.1, 0.15) is 28.4 Å². The van der Waals surface area contributed by atoms with E-state index in [1.165, 1.54) is 0 Å². The van der Waals surface area contributed by atoms with Crippen LogP contribution in [0.5, 0.6) is 0 Å². The number of halogens is 2. The van der Waals surface area contributed by atoms with Gasteiger partial charge in [-0.1, -0.05) is 83.9 Å². The first-order valence-corrected chi connectivity index (χ1v) is 12.3. The molecule has 0 bridgehead atoms. The minimum absolute atomic E-state index is 0.127. The van der Waals surface area contributed by atoms with E-state index < -0.39 is 6.04 Å². The van der Waals surface area contributed by atoms with Crippen molar-refractivity contribution in [3.63, 3.8) is 0 Å². The van der Waals surface area contributed by atoms with Gasteiger partial charge >= 0.3 is 0 Å². The maximum atomic E-state index is 13.7. The minimum Gasteiger partial charge on any atom is -0.348 e. The molecule has 0 aliphatic carbocycles. The normalized spacial score (nSPS) is 11.5. The van der Waals surface area contributed by atoms with E-state index in [4.69, 9.17) is 23.2 Å². The van der Waals surface area contributed by atoms with E-state index >= 15 is 0 Å². The molecular formula is C29H25Cl2N3O2. The van der Waals surface area contributed by atoms with Gasteiger partial charge in [-0.2, -0.15) is 0 Å². The third-order valence-corrected chi connectivity index (χ3v) is 6.20. The van der Waals surface area contributed by atoms with Gasteiger partial charge in [-0.3, -0.25) is 14.6 Å². The van der Waals surface area contributed by atoms with Crippen molar-refractivity contribution in [3.8, 4) is 0 Å². The first kappa shape index (κ1) is 25.4. The molecule has 4 rings (SSSR count). The molecule has 1 heterocycles. The predicted octanol–water partition coefficient (Wildman–Crippen LogP) is 6.02. The molecule has 2 amide bonds. The van der Waals surface area contributed by atoms with Gasteiger partial charge in [0.1, 0.15) is 6.04 Å². The number of carbonyl (C=O) groups is 2. The summed E-state index contributed by atoms with van der Waals surface area (Å²) in [5.41, 5.74) is 3.12. The Balaban J connectivity index is 1.67. The number of hydrogen-bond donors (Lipinski definition) is 1. The lowest BCUT2D eigenvalue weighted by Crippen LogP contribution is -2.44. The summed E-state index contributed by atoms with van der Waals surface area (Å²) in [6.45, 7) is 0.489. The summed E-state index contributed by atoms with van der Waals surface area (Å²) in [5.74, 6) is -0.473. The fourth-order valence-electron chi connectivity index (χ4n) is 3.87. The lowest BCUT2D eigenvalue weighted by molar-refractivity contribution is -0.141. The summed E-state index contributed by atoms with van der Waals surface area (Å²) in [6.07, 6.45) is 1.81. The van der Waals surface area contributed by atoms with Gasteiger partial charge in [0.05, 0.1) is 18.7 Å². The molecule has 1 N–H and O–H groups in total. The number of benzene rings is 3. The van der Waals surface area contributed by atoms with Crippen LogP contribution in [0.2, 0.25) is 10.0 Å². The standard InChI is InChI=1S/C29H25Cl2N3O2/c30-24-13-9-21(10-14-24)18-27(35)34(20-22-11-15-25(31)16-12-22)28(23-6-2-1-3-7-23)29(36)33-19-26-8-4-5-17-32-26/h1-17,28H,18-20H2,(H,33,36)/t28-/m0/s1. The highest BCUT2D eigenvalue weighted by Crippen LogP contribution is 2.26. The minimum atomic E-state index is -0.842. The fraction of sp³-hybridized carbons (Fsp3) is 0.138. The smallest absolute Gasteiger partial charge is 0.247 e. The third-order valence-electron chi connectivity index (χ3n) is 5.70. The zero-order chi connectivity index (χ0) is 25.3. The molecule has 5 nitrogen and oxygen atoms in total. The van der Waals surface area contributed by atoms with E-state index in [1.54, 1.807) is 35.4 Å². The number of nitrogens with zero attached hydrogens (tertiary/aromatic N) is 2. The summed E-state index contributed by atoms with van der Waals surface area (Å²) < 4.78 is 0. The van der Waals surface area contributed by atoms with E-state index in [1.807, 2.05) is 72.8 Å². The van der Waals surface area contributed by atoms with E-state index in [9.17, 15) is 9.59 Å². The first-order valence-electron chi connectivity index (χ1n) is 11.5. The Morgan fingerprint density at radius 3 is 2.00 bits per heavy atom. The monoisotopic (exact) mass is 517 g/mol. The molecule has 0 aliphatic heterocycles. The second-order valence-electron chi connectivity index (χ2n) is 8.30. The topological polar surface area (TPSA) is 62.3 Å². The van der Waals surface area contributed by atoms with E-state index in [0.717, 1.165) is 22.4 Å². The van der Waals surface area contributed by atoms with Crippen LogP contribution in [0.15, 0.2) is 103 Å². The van der Waals surface area contributed by atoms with Crippen LogP contribution >= 0.6 is 23.2 Å². The van der Waals surface area contributed by atoms with Gasteiger partial charge in [0, 0.05) is 22.8 Å². The van der Waals surface area contributed by atoms with Crippen molar-refractivity contribution >= 4 is 35.0 Å². The van der Waals surface area contributed by atoms with Crippen molar-refractivity contribution in [2.24, 2.45) is 0 Å². The predicted molar refractivity (Wildman–Crippen MR) is 142 cm³/mol. The van der Waals surface area contributed by atoms with Crippen LogP contribution in [-0.2, 0) is 29.1 Å². The zero-order valence-electron chi connectivity index (χ0n) is 19.5. The highest BCUT2D eigenvalue weighted by atomic mass is 35.5. The molecular weight excluding hydrogens is 493 g/mol. The second kappa shape index (κ2) is 12.3. The molecule has 0 radical (unpaired) electrons. The SMILES string of the molecule is O=C(NCc1ccccn1)[C@H](c1ccccc1)N(Cc1ccc(Cl)cc1)C(=O)Cc1ccc(Cl)cc1. The van der Waals surface area contributed by atoms with Gasteiger partial charge in [0.2, 0.25) is 11.8 Å². The molecule has 1 atom stereocenters. The van der Waals surface area contributed by atoms with Gasteiger partial charge in [-0.05, 0) is 53.1 Å². The Morgan fingerprint density at radius 2 is 1.39 bits per heavy atom. The summed E-state index contributed by atoms with van der Waals surface area (Å²) >= 11 is 12.1. The molecule has 0 unspecified atom stereocenters. The summed E-state index contributed by atoms with van der Waals surface area (Å²) in [4.78, 5) is 33.3.